The molecule has 1 aromatic heterocycles. The summed E-state index contributed by atoms with van der Waals surface area (Å²) in [7, 11) is 1.33. The zero-order chi connectivity index (χ0) is 13.8. The topological polar surface area (TPSA) is 62.1 Å². The van der Waals surface area contributed by atoms with Crippen LogP contribution in [-0.2, 0) is 17.6 Å². The Labute approximate surface area is 117 Å². The van der Waals surface area contributed by atoms with Gasteiger partial charge in [0.25, 0.3) is 0 Å². The summed E-state index contributed by atoms with van der Waals surface area (Å²) in [6, 6.07) is 2.22. The molecule has 1 atom stereocenters. The van der Waals surface area contributed by atoms with E-state index in [0.29, 0.717) is 16.5 Å². The predicted octanol–water partition coefficient (Wildman–Crippen LogP) is 3.70. The second kappa shape index (κ2) is 6.07. The molecular formula is C14H18N2O2S. The fourth-order valence-corrected chi connectivity index (χ4v) is 3.96. The Morgan fingerprint density at radius 2 is 2.42 bits per heavy atom. The van der Waals surface area contributed by atoms with Crippen LogP contribution in [-0.4, -0.2) is 13.2 Å². The van der Waals surface area contributed by atoms with Crippen LogP contribution in [0.25, 0.3) is 0 Å². The van der Waals surface area contributed by atoms with Crippen LogP contribution in [0, 0.1) is 17.2 Å². The lowest BCUT2D eigenvalue weighted by Gasteiger charge is -2.21. The van der Waals surface area contributed by atoms with E-state index in [1.165, 1.54) is 36.2 Å². The summed E-state index contributed by atoms with van der Waals surface area (Å²) in [4.78, 5) is 12.6. The highest BCUT2D eigenvalue weighted by Crippen LogP contribution is 2.40. The molecule has 102 valence electrons. The number of nitriles is 1. The second-order valence-electron chi connectivity index (χ2n) is 4.83. The molecule has 0 saturated carbocycles. The van der Waals surface area contributed by atoms with Crippen LogP contribution in [0.4, 0.5) is 9.80 Å². The van der Waals surface area contributed by atoms with Gasteiger partial charge in [0.05, 0.1) is 12.7 Å². The molecule has 1 aromatic rings. The number of ether oxygens (including phenoxy) is 1. The lowest BCUT2D eigenvalue weighted by molar-refractivity contribution is 0.187. The molecule has 1 aliphatic carbocycles. The van der Waals surface area contributed by atoms with Crippen molar-refractivity contribution in [1.82, 2.24) is 0 Å². The van der Waals surface area contributed by atoms with E-state index in [9.17, 15) is 10.1 Å². The SMILES string of the molecule is CCC[C@@H]1CCc2c(sc(NC(=O)OC)c2C#N)C1. The fraction of sp³-hybridized carbons (Fsp3) is 0.571. The highest BCUT2D eigenvalue weighted by atomic mass is 32.1. The molecule has 0 aliphatic heterocycles. The van der Waals surface area contributed by atoms with Gasteiger partial charge >= 0.3 is 6.09 Å². The summed E-state index contributed by atoms with van der Waals surface area (Å²) in [6.07, 6.45) is 5.04. The number of amides is 1. The van der Waals surface area contributed by atoms with E-state index in [1.54, 1.807) is 0 Å². The molecule has 2 rings (SSSR count). The third-order valence-corrected chi connectivity index (χ3v) is 4.75. The molecule has 0 aromatic carbocycles. The molecule has 5 heteroatoms. The molecule has 0 unspecified atom stereocenters. The summed E-state index contributed by atoms with van der Waals surface area (Å²) in [6.45, 7) is 2.20. The maximum atomic E-state index is 11.3. The zero-order valence-corrected chi connectivity index (χ0v) is 12.1. The number of thiophene rings is 1. The highest BCUT2D eigenvalue weighted by Gasteiger charge is 2.26. The van der Waals surface area contributed by atoms with Gasteiger partial charge in [-0.2, -0.15) is 5.26 Å². The van der Waals surface area contributed by atoms with Gasteiger partial charge in [-0.15, -0.1) is 11.3 Å². The third kappa shape index (κ3) is 2.90. The number of hydrogen-bond acceptors (Lipinski definition) is 4. The lowest BCUT2D eigenvalue weighted by Crippen LogP contribution is -2.13. The Bertz CT molecular complexity index is 516. The first kappa shape index (κ1) is 13.9. The number of hydrogen-bond donors (Lipinski definition) is 1. The number of methoxy groups -OCH3 is 1. The average molecular weight is 278 g/mol. The molecule has 1 heterocycles. The van der Waals surface area contributed by atoms with Crippen molar-refractivity contribution in [3.8, 4) is 6.07 Å². The number of anilines is 1. The maximum absolute atomic E-state index is 11.3. The number of carbonyl (C=O) groups is 1. The normalized spacial score (nSPS) is 17.4. The molecule has 0 bridgehead atoms. The van der Waals surface area contributed by atoms with Gasteiger partial charge in [-0.1, -0.05) is 19.8 Å². The second-order valence-corrected chi connectivity index (χ2v) is 5.94. The molecule has 1 amide bonds. The first-order valence-corrected chi connectivity index (χ1v) is 7.40. The molecule has 4 nitrogen and oxygen atoms in total. The first-order chi connectivity index (χ1) is 9.19. The molecule has 0 fully saturated rings. The van der Waals surface area contributed by atoms with Crippen molar-refractivity contribution in [3.63, 3.8) is 0 Å². The standard InChI is InChI=1S/C14H18N2O2S/c1-3-4-9-5-6-10-11(8-15)13(16-14(17)18-2)19-12(10)7-9/h9H,3-7H2,1-2H3,(H,16,17)/t9-/m1/s1. The predicted molar refractivity (Wildman–Crippen MR) is 75.5 cm³/mol. The van der Waals surface area contributed by atoms with Crippen LogP contribution in [0.2, 0.25) is 0 Å². The Balaban J connectivity index is 2.24. The van der Waals surface area contributed by atoms with Crippen molar-refractivity contribution in [3.05, 3.63) is 16.0 Å². The van der Waals surface area contributed by atoms with Gasteiger partial charge < -0.3 is 4.74 Å². The molecule has 0 radical (unpaired) electrons. The highest BCUT2D eigenvalue weighted by molar-refractivity contribution is 7.16. The minimum atomic E-state index is -0.514. The Kier molecular flexibility index (Phi) is 4.43. The lowest BCUT2D eigenvalue weighted by atomic mass is 9.85. The van der Waals surface area contributed by atoms with Gasteiger partial charge in [0.2, 0.25) is 0 Å². The summed E-state index contributed by atoms with van der Waals surface area (Å²) >= 11 is 1.53. The van der Waals surface area contributed by atoms with Crippen molar-refractivity contribution in [2.75, 3.05) is 12.4 Å². The number of fused-ring (bicyclic) bond motifs is 1. The van der Waals surface area contributed by atoms with Crippen molar-refractivity contribution < 1.29 is 9.53 Å². The van der Waals surface area contributed by atoms with Crippen LogP contribution >= 0.6 is 11.3 Å². The Hall–Kier alpha value is -1.54. The molecule has 1 N–H and O–H groups in total. The van der Waals surface area contributed by atoms with Crippen molar-refractivity contribution in [2.45, 2.75) is 39.0 Å². The quantitative estimate of drug-likeness (QED) is 0.917. The Morgan fingerprint density at radius 3 is 3.05 bits per heavy atom. The van der Waals surface area contributed by atoms with E-state index < -0.39 is 6.09 Å². The minimum Gasteiger partial charge on any atom is -0.453 e. The van der Waals surface area contributed by atoms with E-state index in [2.05, 4.69) is 23.0 Å². The number of carbonyl (C=O) groups excluding carboxylic acids is 1. The van der Waals surface area contributed by atoms with Crippen LogP contribution in [0.5, 0.6) is 0 Å². The summed E-state index contributed by atoms with van der Waals surface area (Å²) in [5.41, 5.74) is 1.76. The van der Waals surface area contributed by atoms with E-state index in [-0.39, 0.29) is 0 Å². The van der Waals surface area contributed by atoms with E-state index in [4.69, 9.17) is 0 Å². The van der Waals surface area contributed by atoms with E-state index in [0.717, 1.165) is 24.8 Å². The monoisotopic (exact) mass is 278 g/mol. The van der Waals surface area contributed by atoms with Gasteiger partial charge in [-0.3, -0.25) is 5.32 Å². The molecular weight excluding hydrogens is 260 g/mol. The summed E-state index contributed by atoms with van der Waals surface area (Å²) < 4.78 is 4.59. The van der Waals surface area contributed by atoms with Crippen LogP contribution in [0.1, 0.15) is 42.2 Å². The molecule has 19 heavy (non-hydrogen) atoms. The zero-order valence-electron chi connectivity index (χ0n) is 11.3. The molecule has 1 aliphatic rings. The van der Waals surface area contributed by atoms with E-state index in [1.807, 2.05) is 0 Å². The summed E-state index contributed by atoms with van der Waals surface area (Å²) in [5, 5.41) is 12.6. The smallest absolute Gasteiger partial charge is 0.411 e. The van der Waals surface area contributed by atoms with Gasteiger partial charge in [0.1, 0.15) is 11.1 Å². The van der Waals surface area contributed by atoms with Crippen LogP contribution in [0.3, 0.4) is 0 Å². The molecule has 0 spiro atoms. The van der Waals surface area contributed by atoms with E-state index >= 15 is 0 Å². The van der Waals surface area contributed by atoms with Gasteiger partial charge in [-0.25, -0.2) is 4.79 Å². The van der Waals surface area contributed by atoms with Crippen LogP contribution < -0.4 is 5.32 Å². The maximum Gasteiger partial charge on any atom is 0.411 e. The molecule has 0 saturated heterocycles. The van der Waals surface area contributed by atoms with Crippen molar-refractivity contribution >= 4 is 22.4 Å². The first-order valence-electron chi connectivity index (χ1n) is 6.59. The third-order valence-electron chi connectivity index (χ3n) is 3.58. The Morgan fingerprint density at radius 1 is 1.63 bits per heavy atom. The largest absolute Gasteiger partial charge is 0.453 e. The van der Waals surface area contributed by atoms with Crippen LogP contribution in [0.15, 0.2) is 0 Å². The van der Waals surface area contributed by atoms with Crippen molar-refractivity contribution in [2.24, 2.45) is 5.92 Å². The number of nitrogens with one attached hydrogen (secondary N) is 1. The minimum absolute atomic E-state index is 0.514. The summed E-state index contributed by atoms with van der Waals surface area (Å²) in [5.74, 6) is 0.716. The van der Waals surface area contributed by atoms with Gasteiger partial charge in [0.15, 0.2) is 0 Å². The fourth-order valence-electron chi connectivity index (χ4n) is 2.66. The van der Waals surface area contributed by atoms with Gasteiger partial charge in [0, 0.05) is 4.88 Å². The number of nitrogens with zero attached hydrogens (tertiary/aromatic N) is 1. The average Bonchev–Trinajstić information content (AvgIpc) is 2.75. The van der Waals surface area contributed by atoms with Crippen molar-refractivity contribution in [1.29, 1.82) is 5.26 Å². The van der Waals surface area contributed by atoms with Gasteiger partial charge in [-0.05, 0) is 30.7 Å². The number of rotatable bonds is 3.